The smallest absolute Gasteiger partial charge is 0.321 e. The highest BCUT2D eigenvalue weighted by atomic mass is 16.4. The van der Waals surface area contributed by atoms with Gasteiger partial charge in [-0.05, 0) is 42.9 Å². The second kappa shape index (κ2) is 7.33. The Labute approximate surface area is 124 Å². The van der Waals surface area contributed by atoms with Gasteiger partial charge in [-0.15, -0.1) is 0 Å². The van der Waals surface area contributed by atoms with Crippen LogP contribution in [0.3, 0.4) is 0 Å². The molecule has 21 heavy (non-hydrogen) atoms. The summed E-state index contributed by atoms with van der Waals surface area (Å²) in [5.74, 6) is -1.25. The van der Waals surface area contributed by atoms with Crippen LogP contribution in [-0.2, 0) is 17.6 Å². The number of ketones is 1. The number of carboxylic acid groups (broad SMARTS) is 1. The molecular formula is C16H21NO4. The molecule has 1 aliphatic rings. The van der Waals surface area contributed by atoms with E-state index in [4.69, 9.17) is 10.2 Å². The van der Waals surface area contributed by atoms with Crippen LogP contribution in [0.25, 0.3) is 0 Å². The van der Waals surface area contributed by atoms with Crippen LogP contribution in [0.5, 0.6) is 0 Å². The summed E-state index contributed by atoms with van der Waals surface area (Å²) in [5, 5.41) is 20.5. The fourth-order valence-electron chi connectivity index (χ4n) is 2.70. The molecule has 114 valence electrons. The van der Waals surface area contributed by atoms with Crippen LogP contribution in [0.15, 0.2) is 18.2 Å². The molecule has 0 spiro atoms. The van der Waals surface area contributed by atoms with Crippen molar-refractivity contribution in [2.75, 3.05) is 13.2 Å². The van der Waals surface area contributed by atoms with Gasteiger partial charge in [-0.1, -0.05) is 12.1 Å². The number of hydrogen-bond acceptors (Lipinski definition) is 4. The van der Waals surface area contributed by atoms with E-state index in [0.29, 0.717) is 5.56 Å². The van der Waals surface area contributed by atoms with E-state index in [1.165, 1.54) is 17.5 Å². The molecule has 1 aliphatic carbocycles. The van der Waals surface area contributed by atoms with Crippen LogP contribution in [0.2, 0.25) is 0 Å². The third-order valence-electron chi connectivity index (χ3n) is 3.86. The molecule has 0 bridgehead atoms. The van der Waals surface area contributed by atoms with Crippen molar-refractivity contribution in [2.24, 2.45) is 0 Å². The number of aliphatic hydroxyl groups excluding tert-OH is 1. The Morgan fingerprint density at radius 3 is 2.57 bits per heavy atom. The topological polar surface area (TPSA) is 86.6 Å². The molecule has 2 rings (SSSR count). The number of aryl methyl sites for hydroxylation is 2. The van der Waals surface area contributed by atoms with Crippen molar-refractivity contribution in [1.29, 1.82) is 0 Å². The number of carbonyl (C=O) groups excluding carboxylic acids is 1. The van der Waals surface area contributed by atoms with Gasteiger partial charge in [0.25, 0.3) is 0 Å². The van der Waals surface area contributed by atoms with E-state index in [1.54, 1.807) is 6.07 Å². The number of Topliss-reactive ketones (excluding diaryl/α,β-unsaturated/α-hetero) is 1. The van der Waals surface area contributed by atoms with Crippen molar-refractivity contribution in [2.45, 2.75) is 38.1 Å². The van der Waals surface area contributed by atoms with Gasteiger partial charge < -0.3 is 15.5 Å². The fourth-order valence-corrected chi connectivity index (χ4v) is 2.70. The zero-order chi connectivity index (χ0) is 15.2. The summed E-state index contributed by atoms with van der Waals surface area (Å²) >= 11 is 0. The molecule has 0 amide bonds. The average Bonchev–Trinajstić information content (AvgIpc) is 2.50. The Kier molecular flexibility index (Phi) is 5.47. The first-order valence-electron chi connectivity index (χ1n) is 7.34. The highest BCUT2D eigenvalue weighted by Gasteiger charge is 2.22. The van der Waals surface area contributed by atoms with E-state index in [2.05, 4.69) is 5.32 Å². The first-order valence-corrected chi connectivity index (χ1v) is 7.34. The predicted molar refractivity (Wildman–Crippen MR) is 78.5 cm³/mol. The van der Waals surface area contributed by atoms with Crippen LogP contribution < -0.4 is 5.32 Å². The van der Waals surface area contributed by atoms with E-state index in [1.807, 2.05) is 12.1 Å². The number of aliphatic hydroxyl groups is 1. The second-order valence-electron chi connectivity index (χ2n) is 5.39. The molecule has 1 atom stereocenters. The third kappa shape index (κ3) is 4.12. The summed E-state index contributed by atoms with van der Waals surface area (Å²) in [6.07, 6.45) is 4.27. The fraction of sp³-hybridized carbons (Fsp3) is 0.500. The largest absolute Gasteiger partial charge is 0.480 e. The molecule has 0 aromatic heterocycles. The van der Waals surface area contributed by atoms with Gasteiger partial charge in [-0.25, -0.2) is 0 Å². The molecule has 0 saturated heterocycles. The van der Waals surface area contributed by atoms with Crippen molar-refractivity contribution in [3.63, 3.8) is 0 Å². The van der Waals surface area contributed by atoms with E-state index < -0.39 is 12.0 Å². The molecule has 0 aliphatic heterocycles. The number of fused-ring (bicyclic) bond motifs is 1. The summed E-state index contributed by atoms with van der Waals surface area (Å²) in [6, 6.07) is 4.72. The maximum absolute atomic E-state index is 12.2. The molecule has 0 fully saturated rings. The quantitative estimate of drug-likeness (QED) is 0.657. The standard InChI is InChI=1S/C16H21NO4/c18-8-7-17-14(16(20)21)10-15(19)13-6-5-11-3-1-2-4-12(11)9-13/h5-6,9,14,17-18H,1-4,7-8,10H2,(H,20,21). The molecule has 0 radical (unpaired) electrons. The number of carboxylic acids is 1. The normalized spacial score (nSPS) is 15.3. The Morgan fingerprint density at radius 1 is 1.19 bits per heavy atom. The minimum atomic E-state index is -1.07. The minimum Gasteiger partial charge on any atom is -0.480 e. The summed E-state index contributed by atoms with van der Waals surface area (Å²) in [5.41, 5.74) is 3.08. The number of carbonyl (C=O) groups is 2. The van der Waals surface area contributed by atoms with Crippen molar-refractivity contribution in [3.8, 4) is 0 Å². The highest BCUT2D eigenvalue weighted by molar-refractivity contribution is 5.99. The van der Waals surface area contributed by atoms with Gasteiger partial charge in [0, 0.05) is 18.5 Å². The molecule has 1 aromatic rings. The van der Waals surface area contributed by atoms with Gasteiger partial charge in [0.1, 0.15) is 6.04 Å². The number of hydrogen-bond donors (Lipinski definition) is 3. The van der Waals surface area contributed by atoms with Gasteiger partial charge in [-0.3, -0.25) is 9.59 Å². The first-order chi connectivity index (χ1) is 10.1. The highest BCUT2D eigenvalue weighted by Crippen LogP contribution is 2.22. The average molecular weight is 291 g/mol. The monoisotopic (exact) mass is 291 g/mol. The SMILES string of the molecule is O=C(CC(NCCO)C(=O)O)c1ccc2c(c1)CCCC2. The number of aliphatic carboxylic acids is 1. The molecule has 0 saturated carbocycles. The molecule has 1 aromatic carbocycles. The summed E-state index contributed by atoms with van der Waals surface area (Å²) in [4.78, 5) is 23.4. The van der Waals surface area contributed by atoms with Crippen molar-refractivity contribution in [3.05, 3.63) is 34.9 Å². The third-order valence-corrected chi connectivity index (χ3v) is 3.86. The Bertz CT molecular complexity index is 527. The first kappa shape index (κ1) is 15.7. The lowest BCUT2D eigenvalue weighted by atomic mass is 9.89. The van der Waals surface area contributed by atoms with Crippen LogP contribution in [0.4, 0.5) is 0 Å². The number of rotatable bonds is 7. The second-order valence-corrected chi connectivity index (χ2v) is 5.39. The summed E-state index contributed by atoms with van der Waals surface area (Å²) in [7, 11) is 0. The van der Waals surface area contributed by atoms with Gasteiger partial charge in [-0.2, -0.15) is 0 Å². The van der Waals surface area contributed by atoms with E-state index in [-0.39, 0.29) is 25.4 Å². The van der Waals surface area contributed by atoms with Gasteiger partial charge in [0.05, 0.1) is 6.61 Å². The molecule has 0 heterocycles. The van der Waals surface area contributed by atoms with E-state index in [9.17, 15) is 9.59 Å². The Balaban J connectivity index is 2.06. The Morgan fingerprint density at radius 2 is 1.90 bits per heavy atom. The summed E-state index contributed by atoms with van der Waals surface area (Å²) < 4.78 is 0. The molecule has 3 N–H and O–H groups in total. The van der Waals surface area contributed by atoms with Gasteiger partial charge >= 0.3 is 5.97 Å². The van der Waals surface area contributed by atoms with Crippen LogP contribution >= 0.6 is 0 Å². The lowest BCUT2D eigenvalue weighted by molar-refractivity contribution is -0.139. The Hall–Kier alpha value is -1.72. The van der Waals surface area contributed by atoms with Crippen molar-refractivity contribution in [1.82, 2.24) is 5.32 Å². The number of benzene rings is 1. The molecule has 1 unspecified atom stereocenters. The lowest BCUT2D eigenvalue weighted by Crippen LogP contribution is -2.40. The predicted octanol–water partition coefficient (Wildman–Crippen LogP) is 1.17. The zero-order valence-electron chi connectivity index (χ0n) is 12.0. The van der Waals surface area contributed by atoms with Crippen LogP contribution in [0.1, 0.15) is 40.7 Å². The van der Waals surface area contributed by atoms with Crippen LogP contribution in [0, 0.1) is 0 Å². The zero-order valence-corrected chi connectivity index (χ0v) is 12.0. The van der Waals surface area contributed by atoms with Crippen LogP contribution in [-0.4, -0.2) is 41.2 Å². The summed E-state index contributed by atoms with van der Waals surface area (Å²) in [6.45, 7) is 0.00521. The molecule has 5 heteroatoms. The molecule has 5 nitrogen and oxygen atoms in total. The molecular weight excluding hydrogens is 270 g/mol. The lowest BCUT2D eigenvalue weighted by Gasteiger charge is -2.17. The minimum absolute atomic E-state index is 0.103. The van der Waals surface area contributed by atoms with Crippen molar-refractivity contribution >= 4 is 11.8 Å². The van der Waals surface area contributed by atoms with Crippen molar-refractivity contribution < 1.29 is 19.8 Å². The van der Waals surface area contributed by atoms with E-state index in [0.717, 1.165) is 19.3 Å². The van der Waals surface area contributed by atoms with Gasteiger partial charge in [0.15, 0.2) is 5.78 Å². The maximum Gasteiger partial charge on any atom is 0.321 e. The maximum atomic E-state index is 12.2. The number of nitrogens with one attached hydrogen (secondary N) is 1. The van der Waals surface area contributed by atoms with Gasteiger partial charge in [0.2, 0.25) is 0 Å². The van der Waals surface area contributed by atoms with E-state index >= 15 is 0 Å².